The molecule has 0 spiro atoms. The first-order chi connectivity index (χ1) is 7.84. The first-order valence-corrected chi connectivity index (χ1v) is 7.46. The van der Waals surface area contributed by atoms with Crippen LogP contribution in [-0.2, 0) is 4.74 Å². The number of rotatable bonds is 4. The summed E-state index contributed by atoms with van der Waals surface area (Å²) >= 11 is 4.52. The quantitative estimate of drug-likeness (QED) is 0.583. The molecule has 0 aromatic carbocycles. The van der Waals surface area contributed by atoms with E-state index in [0.29, 0.717) is 12.1 Å². The molecule has 0 heterocycles. The molecule has 0 amide bonds. The second kappa shape index (κ2) is 6.87. The van der Waals surface area contributed by atoms with Crippen LogP contribution in [0.1, 0.15) is 64.2 Å². The van der Waals surface area contributed by atoms with E-state index in [1.165, 1.54) is 64.2 Å². The van der Waals surface area contributed by atoms with Gasteiger partial charge in [-0.2, -0.15) is 0 Å². The minimum absolute atomic E-state index is 0.0498. The Morgan fingerprint density at radius 1 is 0.875 bits per heavy atom. The van der Waals surface area contributed by atoms with E-state index >= 15 is 0 Å². The molecule has 0 aromatic rings. The number of nitrogens with one attached hydrogen (secondary N) is 1. The molecule has 0 aromatic heterocycles. The van der Waals surface area contributed by atoms with Crippen LogP contribution in [0.25, 0.3) is 0 Å². The van der Waals surface area contributed by atoms with E-state index in [-0.39, 0.29) is 5.56 Å². The van der Waals surface area contributed by atoms with Gasteiger partial charge in [0.25, 0.3) is 0 Å². The van der Waals surface area contributed by atoms with Gasteiger partial charge in [-0.05, 0) is 25.7 Å². The predicted octanol–water partition coefficient (Wildman–Crippen LogP) is 3.47. The van der Waals surface area contributed by atoms with Gasteiger partial charge in [0.1, 0.15) is 0 Å². The van der Waals surface area contributed by atoms with Gasteiger partial charge < -0.3 is 4.74 Å². The Hall–Kier alpha value is 0.270. The summed E-state index contributed by atoms with van der Waals surface area (Å²) in [6, 6.07) is 0.639. The zero-order chi connectivity index (χ0) is 11.2. The highest BCUT2D eigenvalue weighted by molar-refractivity contribution is 7.80. The highest BCUT2D eigenvalue weighted by Gasteiger charge is 2.20. The maximum atomic E-state index is 5.95. The smallest absolute Gasteiger partial charge is 0.154 e. The number of thiol groups is 1. The van der Waals surface area contributed by atoms with Crippen molar-refractivity contribution in [3.8, 4) is 0 Å². The standard InChI is InChI=1S/C13H25NOS/c16-13(14-11-7-3-1-4-8-11)15-12-9-5-2-6-10-12/h11-14,16H,1-10H2/t13-/m0/s1. The van der Waals surface area contributed by atoms with Crippen LogP contribution in [0.4, 0.5) is 0 Å². The zero-order valence-corrected chi connectivity index (χ0v) is 11.1. The molecule has 94 valence electrons. The van der Waals surface area contributed by atoms with Gasteiger partial charge in [0.15, 0.2) is 5.56 Å². The zero-order valence-electron chi connectivity index (χ0n) is 10.2. The highest BCUT2D eigenvalue weighted by atomic mass is 32.1. The highest BCUT2D eigenvalue weighted by Crippen LogP contribution is 2.23. The van der Waals surface area contributed by atoms with Crippen molar-refractivity contribution in [1.82, 2.24) is 5.32 Å². The van der Waals surface area contributed by atoms with Crippen LogP contribution in [-0.4, -0.2) is 17.7 Å². The first kappa shape index (κ1) is 12.7. The Balaban J connectivity index is 1.64. The molecule has 0 unspecified atom stereocenters. The molecular formula is C13H25NOS. The third-order valence-electron chi connectivity index (χ3n) is 3.86. The van der Waals surface area contributed by atoms with Gasteiger partial charge in [0, 0.05) is 6.04 Å². The molecule has 3 heteroatoms. The summed E-state index contributed by atoms with van der Waals surface area (Å²) < 4.78 is 5.95. The molecule has 2 aliphatic carbocycles. The summed E-state index contributed by atoms with van der Waals surface area (Å²) in [7, 11) is 0. The van der Waals surface area contributed by atoms with Crippen molar-refractivity contribution < 1.29 is 4.74 Å². The van der Waals surface area contributed by atoms with E-state index < -0.39 is 0 Å². The Labute approximate surface area is 105 Å². The molecule has 2 rings (SSSR count). The molecule has 16 heavy (non-hydrogen) atoms. The van der Waals surface area contributed by atoms with E-state index in [9.17, 15) is 0 Å². The summed E-state index contributed by atoms with van der Waals surface area (Å²) in [6.45, 7) is 0. The molecule has 2 fully saturated rings. The van der Waals surface area contributed by atoms with Crippen LogP contribution in [0, 0.1) is 0 Å². The minimum Gasteiger partial charge on any atom is -0.351 e. The van der Waals surface area contributed by atoms with E-state index in [1.54, 1.807) is 0 Å². The monoisotopic (exact) mass is 243 g/mol. The van der Waals surface area contributed by atoms with E-state index in [4.69, 9.17) is 4.74 Å². The Morgan fingerprint density at radius 2 is 1.44 bits per heavy atom. The third-order valence-corrected chi connectivity index (χ3v) is 4.13. The molecule has 0 aliphatic heterocycles. The summed E-state index contributed by atoms with van der Waals surface area (Å²) in [4.78, 5) is 0. The summed E-state index contributed by atoms with van der Waals surface area (Å²) in [6.07, 6.45) is 13.7. The lowest BCUT2D eigenvalue weighted by molar-refractivity contribution is -0.00684. The van der Waals surface area contributed by atoms with Gasteiger partial charge >= 0.3 is 0 Å². The largest absolute Gasteiger partial charge is 0.351 e. The SMILES string of the molecule is S[C@@H](NC1CCCCC1)OC1CCCCC1. The maximum absolute atomic E-state index is 5.95. The lowest BCUT2D eigenvalue weighted by Crippen LogP contribution is -2.40. The van der Waals surface area contributed by atoms with E-state index in [2.05, 4.69) is 17.9 Å². The lowest BCUT2D eigenvalue weighted by Gasteiger charge is -2.30. The van der Waals surface area contributed by atoms with E-state index in [1.807, 2.05) is 0 Å². The molecule has 0 bridgehead atoms. The van der Waals surface area contributed by atoms with Crippen molar-refractivity contribution in [2.24, 2.45) is 0 Å². The van der Waals surface area contributed by atoms with Crippen molar-refractivity contribution in [3.05, 3.63) is 0 Å². The fraction of sp³-hybridized carbons (Fsp3) is 1.00. The van der Waals surface area contributed by atoms with Crippen molar-refractivity contribution in [1.29, 1.82) is 0 Å². The second-order valence-corrected chi connectivity index (χ2v) is 5.72. The molecule has 2 aliphatic rings. The predicted molar refractivity (Wildman–Crippen MR) is 70.7 cm³/mol. The van der Waals surface area contributed by atoms with E-state index in [0.717, 1.165) is 0 Å². The summed E-state index contributed by atoms with van der Waals surface area (Å²) in [5.41, 5.74) is -0.0498. The van der Waals surface area contributed by atoms with Crippen molar-refractivity contribution in [2.75, 3.05) is 0 Å². The van der Waals surface area contributed by atoms with Gasteiger partial charge in [-0.3, -0.25) is 5.32 Å². The fourth-order valence-corrected chi connectivity index (χ4v) is 3.28. The molecule has 0 radical (unpaired) electrons. The molecule has 2 saturated carbocycles. The lowest BCUT2D eigenvalue weighted by atomic mass is 9.96. The Morgan fingerprint density at radius 3 is 2.06 bits per heavy atom. The average Bonchev–Trinajstić information content (AvgIpc) is 2.31. The third kappa shape index (κ3) is 4.27. The number of ether oxygens (including phenoxy) is 1. The van der Waals surface area contributed by atoms with Crippen LogP contribution >= 0.6 is 12.6 Å². The van der Waals surface area contributed by atoms with Gasteiger partial charge in [0.05, 0.1) is 6.10 Å². The Kier molecular flexibility index (Phi) is 5.46. The van der Waals surface area contributed by atoms with Gasteiger partial charge in [-0.25, -0.2) is 0 Å². The van der Waals surface area contributed by atoms with Gasteiger partial charge in [0.2, 0.25) is 0 Å². The average molecular weight is 243 g/mol. The molecule has 0 saturated heterocycles. The fourth-order valence-electron chi connectivity index (χ4n) is 2.89. The summed E-state index contributed by atoms with van der Waals surface area (Å²) in [5.74, 6) is 0. The maximum Gasteiger partial charge on any atom is 0.154 e. The molecule has 1 N–H and O–H groups in total. The number of hydrogen-bond acceptors (Lipinski definition) is 3. The van der Waals surface area contributed by atoms with Crippen molar-refractivity contribution >= 4 is 12.6 Å². The molecular weight excluding hydrogens is 218 g/mol. The van der Waals surface area contributed by atoms with Crippen LogP contribution in [0.3, 0.4) is 0 Å². The van der Waals surface area contributed by atoms with Crippen molar-refractivity contribution in [3.63, 3.8) is 0 Å². The topological polar surface area (TPSA) is 21.3 Å². The van der Waals surface area contributed by atoms with Crippen LogP contribution in [0.2, 0.25) is 0 Å². The first-order valence-electron chi connectivity index (χ1n) is 6.94. The normalized spacial score (nSPS) is 26.8. The van der Waals surface area contributed by atoms with Crippen molar-refractivity contribution in [2.45, 2.75) is 81.9 Å². The van der Waals surface area contributed by atoms with Crippen LogP contribution in [0.15, 0.2) is 0 Å². The minimum atomic E-state index is -0.0498. The van der Waals surface area contributed by atoms with Gasteiger partial charge in [-0.15, -0.1) is 12.6 Å². The van der Waals surface area contributed by atoms with Gasteiger partial charge in [-0.1, -0.05) is 38.5 Å². The molecule has 1 atom stereocenters. The Bertz CT molecular complexity index is 168. The van der Waals surface area contributed by atoms with Crippen LogP contribution < -0.4 is 5.32 Å². The number of hydrogen-bond donors (Lipinski definition) is 2. The summed E-state index contributed by atoms with van der Waals surface area (Å²) in [5, 5.41) is 3.51. The molecule has 2 nitrogen and oxygen atoms in total. The second-order valence-electron chi connectivity index (χ2n) is 5.25. The van der Waals surface area contributed by atoms with Crippen LogP contribution in [0.5, 0.6) is 0 Å².